The van der Waals surface area contributed by atoms with E-state index in [2.05, 4.69) is 5.10 Å². The molecule has 1 aliphatic rings. The molecule has 2 rings (SSSR count). The molecule has 68 valence electrons. The third kappa shape index (κ3) is 1.30. The van der Waals surface area contributed by atoms with Crippen LogP contribution in [0.2, 0.25) is 0 Å². The van der Waals surface area contributed by atoms with Crippen LogP contribution in [0.3, 0.4) is 0 Å². The first-order valence-electron chi connectivity index (χ1n) is 4.10. The number of hydrogen-bond acceptors (Lipinski definition) is 4. The second kappa shape index (κ2) is 3.17. The summed E-state index contributed by atoms with van der Waals surface area (Å²) in [5.74, 6) is 0. The van der Waals surface area contributed by atoms with E-state index in [4.69, 9.17) is 15.7 Å². The molecule has 0 fully saturated rings. The summed E-state index contributed by atoms with van der Waals surface area (Å²) in [4.78, 5) is 0. The van der Waals surface area contributed by atoms with Crippen molar-refractivity contribution in [1.29, 1.82) is 5.26 Å². The molecule has 0 radical (unpaired) electrons. The van der Waals surface area contributed by atoms with E-state index in [0.29, 0.717) is 13.2 Å². The van der Waals surface area contributed by atoms with Crippen molar-refractivity contribution in [3.8, 4) is 6.07 Å². The van der Waals surface area contributed by atoms with E-state index in [-0.39, 0.29) is 0 Å². The fourth-order valence-electron chi connectivity index (χ4n) is 1.42. The molecule has 2 heterocycles. The highest BCUT2D eigenvalue weighted by Crippen LogP contribution is 2.18. The van der Waals surface area contributed by atoms with Gasteiger partial charge in [-0.1, -0.05) is 0 Å². The monoisotopic (exact) mass is 178 g/mol. The highest BCUT2D eigenvalue weighted by Gasteiger charge is 2.18. The Labute approximate surface area is 75.7 Å². The Morgan fingerprint density at radius 2 is 2.62 bits per heavy atom. The van der Waals surface area contributed by atoms with Crippen LogP contribution >= 0.6 is 0 Å². The summed E-state index contributed by atoms with van der Waals surface area (Å²) in [5, 5.41) is 12.8. The first-order valence-corrected chi connectivity index (χ1v) is 4.10. The molecule has 5 heteroatoms. The van der Waals surface area contributed by atoms with Crippen LogP contribution in [0.4, 0.5) is 0 Å². The van der Waals surface area contributed by atoms with Crippen LogP contribution < -0.4 is 5.73 Å². The zero-order valence-electron chi connectivity index (χ0n) is 7.10. The van der Waals surface area contributed by atoms with E-state index in [9.17, 15) is 0 Å². The summed E-state index contributed by atoms with van der Waals surface area (Å²) in [5.41, 5.74) is 7.30. The van der Waals surface area contributed by atoms with Gasteiger partial charge in [0.05, 0.1) is 37.7 Å². The zero-order valence-corrected chi connectivity index (χ0v) is 7.10. The van der Waals surface area contributed by atoms with Crippen LogP contribution in [-0.4, -0.2) is 16.4 Å². The highest BCUT2D eigenvalue weighted by molar-refractivity contribution is 5.26. The Balaban J connectivity index is 2.38. The molecule has 1 atom stereocenters. The highest BCUT2D eigenvalue weighted by atomic mass is 16.5. The van der Waals surface area contributed by atoms with Gasteiger partial charge in [-0.2, -0.15) is 10.4 Å². The lowest BCUT2D eigenvalue weighted by molar-refractivity contribution is 0.0793. The second-order valence-electron chi connectivity index (χ2n) is 2.93. The van der Waals surface area contributed by atoms with Gasteiger partial charge in [-0.3, -0.25) is 4.68 Å². The first-order chi connectivity index (χ1) is 6.33. The van der Waals surface area contributed by atoms with E-state index in [1.54, 1.807) is 6.20 Å². The third-order valence-electron chi connectivity index (χ3n) is 2.14. The molecule has 0 bridgehead atoms. The van der Waals surface area contributed by atoms with Gasteiger partial charge in [0.15, 0.2) is 0 Å². The van der Waals surface area contributed by atoms with Gasteiger partial charge < -0.3 is 10.5 Å². The number of ether oxygens (including phenoxy) is 1. The number of nitrogens with two attached hydrogens (primary N) is 1. The van der Waals surface area contributed by atoms with E-state index in [1.807, 2.05) is 10.8 Å². The van der Waals surface area contributed by atoms with Gasteiger partial charge >= 0.3 is 0 Å². The van der Waals surface area contributed by atoms with Crippen LogP contribution in [0.15, 0.2) is 6.20 Å². The Hall–Kier alpha value is -1.38. The molecule has 1 unspecified atom stereocenters. The number of fused-ring (bicyclic) bond motifs is 1. The average molecular weight is 178 g/mol. The maximum atomic E-state index is 8.66. The summed E-state index contributed by atoms with van der Waals surface area (Å²) in [6, 6.07) is 1.39. The Bertz CT molecular complexity index is 352. The molecule has 0 aliphatic carbocycles. The van der Waals surface area contributed by atoms with Gasteiger partial charge in [-0.05, 0) is 0 Å². The minimum absolute atomic E-state index is 0.505. The van der Waals surface area contributed by atoms with Crippen LogP contribution in [-0.2, 0) is 17.9 Å². The lowest BCUT2D eigenvalue weighted by Crippen LogP contribution is -2.19. The molecule has 0 spiro atoms. The quantitative estimate of drug-likeness (QED) is 0.653. The summed E-state index contributed by atoms with van der Waals surface area (Å²) in [7, 11) is 0. The van der Waals surface area contributed by atoms with Crippen molar-refractivity contribution in [3.63, 3.8) is 0 Å². The van der Waals surface area contributed by atoms with Gasteiger partial charge in [-0.25, -0.2) is 0 Å². The normalized spacial score (nSPS) is 17.5. The largest absolute Gasteiger partial charge is 0.373 e. The van der Waals surface area contributed by atoms with Crippen molar-refractivity contribution in [2.45, 2.75) is 19.2 Å². The molecule has 0 saturated heterocycles. The fourth-order valence-corrected chi connectivity index (χ4v) is 1.42. The molecule has 1 aromatic heterocycles. The molecule has 1 aliphatic heterocycles. The molecule has 0 saturated carbocycles. The predicted octanol–water partition coefficient (Wildman–Crippen LogP) is -0.0633. The molecule has 0 amide bonds. The minimum Gasteiger partial charge on any atom is -0.373 e. The minimum atomic E-state index is -0.592. The van der Waals surface area contributed by atoms with Gasteiger partial charge in [-0.15, -0.1) is 0 Å². The number of rotatable bonds is 1. The number of hydrogen-bond donors (Lipinski definition) is 1. The number of nitriles is 1. The SMILES string of the molecule is N#CC(N)c1cnn2c1COCC2. The van der Waals surface area contributed by atoms with Crippen molar-refractivity contribution in [3.05, 3.63) is 17.5 Å². The lowest BCUT2D eigenvalue weighted by Gasteiger charge is -2.15. The first kappa shape index (κ1) is 8.23. The van der Waals surface area contributed by atoms with Gasteiger partial charge in [0.25, 0.3) is 0 Å². The standard InChI is InChI=1S/C8H10N4O/c9-3-7(10)6-4-11-12-1-2-13-5-8(6)12/h4,7H,1-2,5,10H2. The third-order valence-corrected chi connectivity index (χ3v) is 2.14. The molecule has 2 N–H and O–H groups in total. The van der Waals surface area contributed by atoms with Crippen molar-refractivity contribution < 1.29 is 4.74 Å². The average Bonchev–Trinajstić information content (AvgIpc) is 2.60. The molecule has 1 aromatic rings. The molecule has 13 heavy (non-hydrogen) atoms. The summed E-state index contributed by atoms with van der Waals surface area (Å²) in [6.07, 6.45) is 1.65. The molecular weight excluding hydrogens is 168 g/mol. The molecule has 5 nitrogen and oxygen atoms in total. The van der Waals surface area contributed by atoms with Crippen molar-refractivity contribution >= 4 is 0 Å². The molecular formula is C8H10N4O. The van der Waals surface area contributed by atoms with Crippen LogP contribution in [0.25, 0.3) is 0 Å². The van der Waals surface area contributed by atoms with Gasteiger partial charge in [0.2, 0.25) is 0 Å². The number of aromatic nitrogens is 2. The van der Waals surface area contributed by atoms with Gasteiger partial charge in [0, 0.05) is 5.56 Å². The van der Waals surface area contributed by atoms with Crippen molar-refractivity contribution in [2.75, 3.05) is 6.61 Å². The van der Waals surface area contributed by atoms with E-state index in [1.165, 1.54) is 0 Å². The topological polar surface area (TPSA) is 76.9 Å². The van der Waals surface area contributed by atoms with Crippen LogP contribution in [0, 0.1) is 11.3 Å². The summed E-state index contributed by atoms with van der Waals surface area (Å²) < 4.78 is 7.11. The zero-order chi connectivity index (χ0) is 9.26. The van der Waals surface area contributed by atoms with E-state index >= 15 is 0 Å². The second-order valence-corrected chi connectivity index (χ2v) is 2.93. The summed E-state index contributed by atoms with van der Waals surface area (Å²) in [6.45, 7) is 1.92. The molecule has 0 aromatic carbocycles. The maximum Gasteiger partial charge on any atom is 0.122 e. The Kier molecular flexibility index (Phi) is 2.00. The van der Waals surface area contributed by atoms with Crippen molar-refractivity contribution in [2.24, 2.45) is 5.73 Å². The van der Waals surface area contributed by atoms with Crippen molar-refractivity contribution in [1.82, 2.24) is 9.78 Å². The van der Waals surface area contributed by atoms with E-state index < -0.39 is 6.04 Å². The predicted molar refractivity (Wildman–Crippen MR) is 44.4 cm³/mol. The number of nitrogens with zero attached hydrogens (tertiary/aromatic N) is 3. The Morgan fingerprint density at radius 3 is 3.38 bits per heavy atom. The summed E-state index contributed by atoms with van der Waals surface area (Å²) >= 11 is 0. The lowest BCUT2D eigenvalue weighted by atomic mass is 10.1. The van der Waals surface area contributed by atoms with Crippen LogP contribution in [0.5, 0.6) is 0 Å². The maximum absolute atomic E-state index is 8.66. The smallest absolute Gasteiger partial charge is 0.122 e. The van der Waals surface area contributed by atoms with Gasteiger partial charge in [0.1, 0.15) is 6.04 Å². The van der Waals surface area contributed by atoms with E-state index in [0.717, 1.165) is 17.8 Å². The Morgan fingerprint density at radius 1 is 1.77 bits per heavy atom. The van der Waals surface area contributed by atoms with Crippen LogP contribution in [0.1, 0.15) is 17.3 Å². The fraction of sp³-hybridized carbons (Fsp3) is 0.500.